The van der Waals surface area contributed by atoms with Crippen LogP contribution >= 0.6 is 22.9 Å². The highest BCUT2D eigenvalue weighted by atomic mass is 35.5. The first-order chi connectivity index (χ1) is 9.15. The van der Waals surface area contributed by atoms with Crippen molar-refractivity contribution in [2.45, 2.75) is 32.7 Å². The minimum absolute atomic E-state index is 0.176. The van der Waals surface area contributed by atoms with E-state index in [9.17, 15) is 0 Å². The van der Waals surface area contributed by atoms with Crippen molar-refractivity contribution < 1.29 is 0 Å². The van der Waals surface area contributed by atoms with Gasteiger partial charge in [0.2, 0.25) is 0 Å². The summed E-state index contributed by atoms with van der Waals surface area (Å²) in [6.45, 7) is 5.28. The highest BCUT2D eigenvalue weighted by molar-refractivity contribution is 7.16. The maximum atomic E-state index is 6.07. The Bertz CT molecular complexity index is 533. The molecule has 0 fully saturated rings. The van der Waals surface area contributed by atoms with Gasteiger partial charge in [-0.2, -0.15) is 5.10 Å². The molecule has 19 heavy (non-hydrogen) atoms. The lowest BCUT2D eigenvalue weighted by molar-refractivity contribution is 0.559. The highest BCUT2D eigenvalue weighted by Gasteiger charge is 2.19. The lowest BCUT2D eigenvalue weighted by Crippen LogP contribution is -2.24. The molecule has 1 atom stereocenters. The van der Waals surface area contributed by atoms with Crippen LogP contribution in [0.25, 0.3) is 0 Å². The predicted octanol–water partition coefficient (Wildman–Crippen LogP) is 3.79. The average molecular weight is 298 g/mol. The summed E-state index contributed by atoms with van der Waals surface area (Å²) in [5, 5.41) is 8.12. The lowest BCUT2D eigenvalue weighted by Gasteiger charge is -2.17. The maximum absolute atomic E-state index is 6.07. The standard InChI is InChI=1S/C14H20ClN3S/c1-4-8-16-14(12-6-7-13(15)19-12)11-9-10(5-2)17-18(11)3/h6-7,9,14,16H,4-5,8H2,1-3H3. The molecule has 0 aliphatic heterocycles. The molecule has 0 spiro atoms. The second kappa shape index (κ2) is 6.55. The van der Waals surface area contributed by atoms with Gasteiger partial charge in [-0.15, -0.1) is 11.3 Å². The van der Waals surface area contributed by atoms with Crippen LogP contribution in [0.3, 0.4) is 0 Å². The van der Waals surface area contributed by atoms with Gasteiger partial charge in [0.05, 0.1) is 21.8 Å². The number of halogens is 1. The third-order valence-electron chi connectivity index (χ3n) is 3.10. The number of nitrogens with zero attached hydrogens (tertiary/aromatic N) is 2. The summed E-state index contributed by atoms with van der Waals surface area (Å²) in [5.41, 5.74) is 2.33. The van der Waals surface area contributed by atoms with Crippen molar-refractivity contribution in [1.29, 1.82) is 0 Å². The third kappa shape index (κ3) is 3.38. The number of rotatable bonds is 6. The van der Waals surface area contributed by atoms with E-state index in [2.05, 4.69) is 36.4 Å². The highest BCUT2D eigenvalue weighted by Crippen LogP contribution is 2.31. The van der Waals surface area contributed by atoms with E-state index in [-0.39, 0.29) is 6.04 Å². The van der Waals surface area contributed by atoms with E-state index in [0.29, 0.717) is 0 Å². The lowest BCUT2D eigenvalue weighted by atomic mass is 10.1. The van der Waals surface area contributed by atoms with E-state index in [0.717, 1.165) is 29.4 Å². The summed E-state index contributed by atoms with van der Waals surface area (Å²) in [6, 6.07) is 6.41. The van der Waals surface area contributed by atoms with Crippen molar-refractivity contribution in [1.82, 2.24) is 15.1 Å². The van der Waals surface area contributed by atoms with Gasteiger partial charge in [-0.3, -0.25) is 4.68 Å². The fourth-order valence-electron chi connectivity index (χ4n) is 2.11. The molecular weight excluding hydrogens is 278 g/mol. The normalized spacial score (nSPS) is 12.8. The Morgan fingerprint density at radius 3 is 2.74 bits per heavy atom. The van der Waals surface area contributed by atoms with E-state index >= 15 is 0 Å². The zero-order valence-corrected chi connectivity index (χ0v) is 13.2. The molecule has 0 bridgehead atoms. The minimum Gasteiger partial charge on any atom is -0.304 e. The monoisotopic (exact) mass is 297 g/mol. The van der Waals surface area contributed by atoms with Gasteiger partial charge in [-0.25, -0.2) is 0 Å². The van der Waals surface area contributed by atoms with Gasteiger partial charge in [0, 0.05) is 11.9 Å². The molecule has 0 saturated heterocycles. The zero-order valence-electron chi connectivity index (χ0n) is 11.6. The van der Waals surface area contributed by atoms with Crippen LogP contribution in [0, 0.1) is 0 Å². The first-order valence-electron chi connectivity index (χ1n) is 6.67. The van der Waals surface area contributed by atoms with Crippen molar-refractivity contribution in [2.24, 2.45) is 7.05 Å². The van der Waals surface area contributed by atoms with E-state index in [4.69, 9.17) is 11.6 Å². The molecule has 0 radical (unpaired) electrons. The molecule has 0 aliphatic rings. The Morgan fingerprint density at radius 2 is 2.21 bits per heavy atom. The number of thiophene rings is 1. The van der Waals surface area contributed by atoms with Gasteiger partial charge in [-0.1, -0.05) is 25.4 Å². The molecule has 2 heterocycles. The van der Waals surface area contributed by atoms with Gasteiger partial charge >= 0.3 is 0 Å². The van der Waals surface area contributed by atoms with Crippen LogP contribution < -0.4 is 5.32 Å². The largest absolute Gasteiger partial charge is 0.304 e. The van der Waals surface area contributed by atoms with Crippen molar-refractivity contribution in [2.75, 3.05) is 6.54 Å². The van der Waals surface area contributed by atoms with Gasteiger partial charge in [-0.05, 0) is 37.6 Å². The van der Waals surface area contributed by atoms with Crippen LogP contribution in [-0.2, 0) is 13.5 Å². The number of nitrogens with one attached hydrogen (secondary N) is 1. The quantitative estimate of drug-likeness (QED) is 0.879. The van der Waals surface area contributed by atoms with Crippen LogP contribution in [0.2, 0.25) is 4.34 Å². The minimum atomic E-state index is 0.176. The Balaban J connectivity index is 2.33. The van der Waals surface area contributed by atoms with Crippen LogP contribution in [0.5, 0.6) is 0 Å². The predicted molar refractivity (Wildman–Crippen MR) is 82.1 cm³/mol. The molecule has 104 valence electrons. The Labute approximate surface area is 123 Å². The van der Waals surface area contributed by atoms with Crippen LogP contribution in [0.4, 0.5) is 0 Å². The Hall–Kier alpha value is -0.840. The van der Waals surface area contributed by atoms with Crippen molar-refractivity contribution in [3.63, 3.8) is 0 Å². The summed E-state index contributed by atoms with van der Waals surface area (Å²) in [6.07, 6.45) is 2.06. The summed E-state index contributed by atoms with van der Waals surface area (Å²) in [7, 11) is 2.00. The zero-order chi connectivity index (χ0) is 13.8. The van der Waals surface area contributed by atoms with E-state index in [1.165, 1.54) is 10.6 Å². The Kier molecular flexibility index (Phi) is 5.02. The smallest absolute Gasteiger partial charge is 0.0931 e. The number of hydrogen-bond donors (Lipinski definition) is 1. The molecule has 0 aromatic carbocycles. The van der Waals surface area contributed by atoms with Gasteiger partial charge < -0.3 is 5.32 Å². The second-order valence-corrected chi connectivity index (χ2v) is 6.31. The first kappa shape index (κ1) is 14.6. The third-order valence-corrected chi connectivity index (χ3v) is 4.40. The summed E-state index contributed by atoms with van der Waals surface area (Å²) in [5.74, 6) is 0. The molecular formula is C14H20ClN3S. The van der Waals surface area contributed by atoms with Gasteiger partial charge in [0.1, 0.15) is 0 Å². The van der Waals surface area contributed by atoms with E-state index in [1.54, 1.807) is 11.3 Å². The second-order valence-electron chi connectivity index (χ2n) is 4.57. The van der Waals surface area contributed by atoms with Gasteiger partial charge in [0.25, 0.3) is 0 Å². The molecule has 2 rings (SSSR count). The van der Waals surface area contributed by atoms with Gasteiger partial charge in [0.15, 0.2) is 0 Å². The van der Waals surface area contributed by atoms with Crippen LogP contribution in [-0.4, -0.2) is 16.3 Å². The van der Waals surface area contributed by atoms with E-state index in [1.807, 2.05) is 17.8 Å². The molecule has 0 saturated carbocycles. The summed E-state index contributed by atoms with van der Waals surface area (Å²) >= 11 is 7.70. The molecule has 1 unspecified atom stereocenters. The SMILES string of the molecule is CCCNC(c1ccc(Cl)s1)c1cc(CC)nn1C. The molecule has 0 amide bonds. The number of aromatic nitrogens is 2. The van der Waals surface area contributed by atoms with Crippen molar-refractivity contribution >= 4 is 22.9 Å². The molecule has 2 aromatic rings. The fraction of sp³-hybridized carbons (Fsp3) is 0.500. The topological polar surface area (TPSA) is 29.9 Å². The van der Waals surface area contributed by atoms with Crippen LogP contribution in [0.15, 0.2) is 18.2 Å². The first-order valence-corrected chi connectivity index (χ1v) is 7.86. The van der Waals surface area contributed by atoms with Crippen molar-refractivity contribution in [3.8, 4) is 0 Å². The maximum Gasteiger partial charge on any atom is 0.0931 e. The molecule has 3 nitrogen and oxygen atoms in total. The summed E-state index contributed by atoms with van der Waals surface area (Å²) in [4.78, 5) is 1.24. The van der Waals surface area contributed by atoms with E-state index < -0.39 is 0 Å². The molecule has 0 aliphatic carbocycles. The summed E-state index contributed by atoms with van der Waals surface area (Å²) < 4.78 is 2.80. The van der Waals surface area contributed by atoms with Crippen molar-refractivity contribution in [3.05, 3.63) is 38.8 Å². The number of aryl methyl sites for hydroxylation is 2. The number of hydrogen-bond acceptors (Lipinski definition) is 3. The molecule has 1 N–H and O–H groups in total. The molecule has 2 aromatic heterocycles. The fourth-order valence-corrected chi connectivity index (χ4v) is 3.26. The Morgan fingerprint density at radius 1 is 1.42 bits per heavy atom. The average Bonchev–Trinajstić information content (AvgIpc) is 2.97. The van der Waals surface area contributed by atoms with Crippen LogP contribution in [0.1, 0.15) is 42.6 Å². The molecule has 5 heteroatoms.